The van der Waals surface area contributed by atoms with Crippen LogP contribution in [-0.2, 0) is 9.59 Å². The van der Waals surface area contributed by atoms with Gasteiger partial charge in [-0.25, -0.2) is 0 Å². The standard InChI is InChI=1S/C27H32N2O6/c1-4-13-33-20-8-5-7-18(16-20)24-23(26(31)27(32)29(24)12-6-11-28(2)3)25(30)19-9-10-21-22(17-19)35-15-14-34-21/h5,7-10,16-17,24,30H,4,6,11-15H2,1-3H3. The van der Waals surface area contributed by atoms with Crippen molar-refractivity contribution in [3.63, 3.8) is 0 Å². The molecule has 1 amide bonds. The van der Waals surface area contributed by atoms with E-state index in [1.807, 2.05) is 45.3 Å². The molecule has 0 aromatic heterocycles. The number of nitrogens with one attached hydrogen (secondary N) is 1. The minimum Gasteiger partial charge on any atom is -0.872 e. The first-order valence-corrected chi connectivity index (χ1v) is 12.1. The van der Waals surface area contributed by atoms with Crippen LogP contribution >= 0.6 is 0 Å². The number of hydrogen-bond acceptors (Lipinski definition) is 6. The number of fused-ring (bicyclic) bond motifs is 1. The highest BCUT2D eigenvalue weighted by atomic mass is 16.6. The third-order valence-corrected chi connectivity index (χ3v) is 6.06. The van der Waals surface area contributed by atoms with Crippen LogP contribution in [0.4, 0.5) is 0 Å². The zero-order valence-corrected chi connectivity index (χ0v) is 20.5. The zero-order valence-electron chi connectivity index (χ0n) is 20.5. The summed E-state index contributed by atoms with van der Waals surface area (Å²) >= 11 is 0. The topological polar surface area (TPSA) is 92.6 Å². The van der Waals surface area contributed by atoms with Gasteiger partial charge in [-0.15, -0.1) is 0 Å². The molecule has 1 saturated heterocycles. The third kappa shape index (κ3) is 5.27. The number of amides is 1. The Balaban J connectivity index is 1.77. The van der Waals surface area contributed by atoms with Crippen LogP contribution in [0.5, 0.6) is 17.2 Å². The van der Waals surface area contributed by atoms with Crippen LogP contribution in [0, 0.1) is 0 Å². The number of hydrogen-bond donors (Lipinski definition) is 1. The number of benzene rings is 2. The smallest absolute Gasteiger partial charge is 0.295 e. The quantitative estimate of drug-likeness (QED) is 0.327. The first-order chi connectivity index (χ1) is 16.9. The van der Waals surface area contributed by atoms with Gasteiger partial charge in [0.05, 0.1) is 33.3 Å². The Morgan fingerprint density at radius 1 is 1.11 bits per heavy atom. The molecule has 8 nitrogen and oxygen atoms in total. The largest absolute Gasteiger partial charge is 0.872 e. The lowest BCUT2D eigenvalue weighted by Crippen LogP contribution is -3.05. The number of ketones is 1. The Hall–Kier alpha value is -3.52. The van der Waals surface area contributed by atoms with Crippen LogP contribution in [0.1, 0.15) is 36.9 Å². The molecule has 2 aromatic rings. The Morgan fingerprint density at radius 2 is 1.89 bits per heavy atom. The fourth-order valence-electron chi connectivity index (χ4n) is 4.38. The molecule has 2 aliphatic rings. The van der Waals surface area contributed by atoms with Crippen LogP contribution in [-0.4, -0.2) is 63.6 Å². The molecule has 186 valence electrons. The molecular weight excluding hydrogens is 448 g/mol. The summed E-state index contributed by atoms with van der Waals surface area (Å²) in [5, 5.41) is 13.7. The highest BCUT2D eigenvalue weighted by molar-refractivity contribution is 6.46. The summed E-state index contributed by atoms with van der Waals surface area (Å²) in [5.74, 6) is -0.240. The van der Waals surface area contributed by atoms with Crippen molar-refractivity contribution in [2.75, 3.05) is 47.0 Å². The second kappa shape index (κ2) is 10.8. The number of quaternary nitrogens is 1. The lowest BCUT2D eigenvalue weighted by Gasteiger charge is -2.28. The van der Waals surface area contributed by atoms with E-state index in [9.17, 15) is 14.7 Å². The maximum Gasteiger partial charge on any atom is 0.295 e. The molecule has 1 unspecified atom stereocenters. The van der Waals surface area contributed by atoms with Gasteiger partial charge < -0.3 is 29.1 Å². The third-order valence-electron chi connectivity index (χ3n) is 6.06. The van der Waals surface area contributed by atoms with E-state index in [1.54, 1.807) is 18.2 Å². The van der Waals surface area contributed by atoms with Crippen molar-refractivity contribution >= 4 is 17.4 Å². The maximum atomic E-state index is 13.7. The van der Waals surface area contributed by atoms with Gasteiger partial charge in [0, 0.05) is 18.5 Å². The van der Waals surface area contributed by atoms with Crippen LogP contribution in [0.15, 0.2) is 48.0 Å². The number of likely N-dealkylation sites (tertiary alicyclic amines) is 1. The molecule has 0 radical (unpaired) electrons. The Labute approximate surface area is 205 Å². The highest BCUT2D eigenvalue weighted by Crippen LogP contribution is 2.41. The molecule has 0 aliphatic carbocycles. The molecular formula is C27H32N2O6. The predicted octanol–water partition coefficient (Wildman–Crippen LogP) is 1.01. The summed E-state index contributed by atoms with van der Waals surface area (Å²) in [4.78, 5) is 29.1. The van der Waals surface area contributed by atoms with Crippen LogP contribution in [0.2, 0.25) is 0 Å². The van der Waals surface area contributed by atoms with Crippen molar-refractivity contribution in [3.8, 4) is 17.2 Å². The molecule has 2 aliphatic heterocycles. The van der Waals surface area contributed by atoms with Gasteiger partial charge in [0.25, 0.3) is 5.91 Å². The van der Waals surface area contributed by atoms with Crippen LogP contribution < -0.4 is 24.2 Å². The van der Waals surface area contributed by atoms with Gasteiger partial charge in [0.1, 0.15) is 19.0 Å². The number of carbonyl (C=O) groups is 2. The first kappa shape index (κ1) is 24.6. The molecule has 35 heavy (non-hydrogen) atoms. The summed E-state index contributed by atoms with van der Waals surface area (Å²) in [7, 11) is 4.07. The highest BCUT2D eigenvalue weighted by Gasteiger charge is 2.44. The van der Waals surface area contributed by atoms with Gasteiger partial charge in [-0.1, -0.05) is 30.9 Å². The first-order valence-electron chi connectivity index (χ1n) is 12.1. The molecule has 1 fully saturated rings. The van der Waals surface area contributed by atoms with Gasteiger partial charge in [-0.2, -0.15) is 0 Å². The van der Waals surface area contributed by atoms with Crippen molar-refractivity contribution < 1.29 is 33.8 Å². The predicted molar refractivity (Wildman–Crippen MR) is 128 cm³/mol. The Morgan fingerprint density at radius 3 is 2.63 bits per heavy atom. The molecule has 0 bridgehead atoms. The fourth-order valence-corrected chi connectivity index (χ4v) is 4.38. The molecule has 1 atom stereocenters. The SMILES string of the molecule is CCCOc1cccc(C2C(=C([O-])c3ccc4c(c3)OCCO4)C(=O)C(=O)N2CCC[NH+](C)C)c1. The minimum absolute atomic E-state index is 0.0449. The van der Waals surface area contributed by atoms with Crippen molar-refractivity contribution in [1.29, 1.82) is 0 Å². The Bertz CT molecular complexity index is 1130. The molecule has 4 rings (SSSR count). The van der Waals surface area contributed by atoms with E-state index < -0.39 is 23.5 Å². The average Bonchev–Trinajstić information content (AvgIpc) is 3.11. The fraction of sp³-hybridized carbons (Fsp3) is 0.407. The van der Waals surface area contributed by atoms with Crippen molar-refractivity contribution in [3.05, 3.63) is 59.2 Å². The monoisotopic (exact) mass is 480 g/mol. The van der Waals surface area contributed by atoms with Gasteiger partial charge in [0.15, 0.2) is 11.5 Å². The number of Topliss-reactive ketones (excluding diaryl/α,β-unsaturated/α-hetero) is 1. The van der Waals surface area contributed by atoms with E-state index >= 15 is 0 Å². The van der Waals surface area contributed by atoms with E-state index in [-0.39, 0.29) is 11.1 Å². The summed E-state index contributed by atoms with van der Waals surface area (Å²) in [6.45, 7) is 4.59. The number of ether oxygens (including phenoxy) is 3. The van der Waals surface area contributed by atoms with Crippen LogP contribution in [0.3, 0.4) is 0 Å². The number of carbonyl (C=O) groups excluding carboxylic acids is 2. The summed E-state index contributed by atoms with van der Waals surface area (Å²) in [6.07, 6.45) is 1.55. The second-order valence-corrected chi connectivity index (χ2v) is 9.06. The van der Waals surface area contributed by atoms with Gasteiger partial charge in [-0.05, 0) is 41.8 Å². The molecule has 2 heterocycles. The van der Waals surface area contributed by atoms with E-state index in [0.717, 1.165) is 13.0 Å². The lowest BCUT2D eigenvalue weighted by molar-refractivity contribution is -0.858. The normalized spacial score (nSPS) is 18.9. The molecule has 0 spiro atoms. The molecule has 2 aromatic carbocycles. The van der Waals surface area contributed by atoms with Gasteiger partial charge >= 0.3 is 0 Å². The maximum absolute atomic E-state index is 13.7. The Kier molecular flexibility index (Phi) is 7.60. The van der Waals surface area contributed by atoms with Gasteiger partial charge in [-0.3, -0.25) is 9.59 Å². The number of nitrogens with zero attached hydrogens (tertiary/aromatic N) is 1. The van der Waals surface area contributed by atoms with E-state index in [4.69, 9.17) is 14.2 Å². The lowest BCUT2D eigenvalue weighted by atomic mass is 9.95. The van der Waals surface area contributed by atoms with E-state index in [1.165, 1.54) is 9.80 Å². The summed E-state index contributed by atoms with van der Waals surface area (Å²) < 4.78 is 17.0. The summed E-state index contributed by atoms with van der Waals surface area (Å²) in [6, 6.07) is 11.4. The molecule has 1 N–H and O–H groups in total. The van der Waals surface area contributed by atoms with E-state index in [2.05, 4.69) is 0 Å². The minimum atomic E-state index is -0.780. The van der Waals surface area contributed by atoms with Gasteiger partial charge in [0.2, 0.25) is 5.78 Å². The average molecular weight is 481 g/mol. The summed E-state index contributed by atoms with van der Waals surface area (Å²) in [5.41, 5.74) is 0.917. The molecule has 0 saturated carbocycles. The zero-order chi connectivity index (χ0) is 24.9. The number of rotatable bonds is 9. The van der Waals surface area contributed by atoms with Crippen molar-refractivity contribution in [2.24, 2.45) is 0 Å². The second-order valence-electron chi connectivity index (χ2n) is 9.06. The molecule has 8 heteroatoms. The van der Waals surface area contributed by atoms with Crippen LogP contribution in [0.25, 0.3) is 5.76 Å². The van der Waals surface area contributed by atoms with Crippen molar-refractivity contribution in [1.82, 2.24) is 4.90 Å². The van der Waals surface area contributed by atoms with Crippen molar-refractivity contribution in [2.45, 2.75) is 25.8 Å². The van der Waals surface area contributed by atoms with E-state index in [0.29, 0.717) is 55.6 Å².